The molecule has 1 N–H and O–H groups in total. The van der Waals surface area contributed by atoms with Crippen LogP contribution in [0.25, 0.3) is 0 Å². The van der Waals surface area contributed by atoms with Gasteiger partial charge >= 0.3 is 33.9 Å². The number of rotatable bonds is 5. The second-order valence-electron chi connectivity index (χ2n) is 6.57. The maximum atomic E-state index is 12.7. The number of benzene rings is 2. The first-order valence-corrected chi connectivity index (χ1v) is 9.72. The largest absolute Gasteiger partial charge is 0 e. The number of carbonyl (C=O) groups is 1. The van der Waals surface area contributed by atoms with E-state index >= 15 is 0 Å². The molecule has 0 aliphatic carbocycles. The van der Waals surface area contributed by atoms with E-state index in [1.165, 1.54) is 0 Å². The number of hydrogen-bond donors (Lipinski definition) is 1. The molecule has 0 unspecified atom stereocenters. The van der Waals surface area contributed by atoms with Crippen LogP contribution in [-0.4, -0.2) is 28.5 Å². The molecule has 0 spiro atoms. The van der Waals surface area contributed by atoms with Gasteiger partial charge in [0.1, 0.15) is 5.60 Å². The molecule has 1 heterocycles. The maximum absolute atomic E-state index is 12.7. The molecule has 0 radical (unpaired) electrons. The van der Waals surface area contributed by atoms with Gasteiger partial charge in [0.05, 0.1) is 6.04 Å². The fourth-order valence-corrected chi connectivity index (χ4v) is 3.75. The normalized spacial score (nSPS) is 14.4. The Morgan fingerprint density at radius 2 is 1.39 bits per heavy atom. The summed E-state index contributed by atoms with van der Waals surface area (Å²) in [7, 11) is 0. The Hall–Kier alpha value is -2.91. The number of aliphatic hydroxyl groups is 1. The molecule has 2 aromatic rings. The smallest absolute Gasteiger partial charge is 0 e. The van der Waals surface area contributed by atoms with E-state index < -0.39 is 5.60 Å². The van der Waals surface area contributed by atoms with Crippen LogP contribution in [0.2, 0.25) is 0 Å². The second-order valence-corrected chi connectivity index (χ2v) is 6.57. The Bertz CT molecular complexity index is 866. The van der Waals surface area contributed by atoms with Crippen molar-refractivity contribution in [2.75, 3.05) is 6.54 Å². The molecule has 1 atom stereocenters. The van der Waals surface area contributed by atoms with Crippen molar-refractivity contribution >= 4 is 5.91 Å². The van der Waals surface area contributed by atoms with Crippen molar-refractivity contribution in [1.29, 1.82) is 0 Å². The third-order valence-corrected chi connectivity index (χ3v) is 4.99. The molecule has 1 aliphatic heterocycles. The zero-order valence-corrected chi connectivity index (χ0v) is 19.3. The summed E-state index contributed by atoms with van der Waals surface area (Å²) in [5.74, 6) is -0.0594. The van der Waals surface area contributed by atoms with Crippen LogP contribution in [0.3, 0.4) is 0 Å². The molecule has 1 aliphatic rings. The Balaban J connectivity index is 0. The third-order valence-electron chi connectivity index (χ3n) is 4.99. The van der Waals surface area contributed by atoms with E-state index in [1.54, 1.807) is 17.1 Å². The molecule has 3 rings (SSSR count). The second kappa shape index (κ2) is 18.6. The average molecular weight is 487 g/mol. The van der Waals surface area contributed by atoms with Crippen molar-refractivity contribution in [2.24, 2.45) is 0 Å². The first-order valence-electron chi connectivity index (χ1n) is 9.72. The van der Waals surface area contributed by atoms with Gasteiger partial charge in [-0.3, -0.25) is 4.79 Å². The summed E-state index contributed by atoms with van der Waals surface area (Å²) in [4.78, 5) is 14.5. The van der Waals surface area contributed by atoms with Crippen molar-refractivity contribution in [2.45, 2.75) is 31.4 Å². The van der Waals surface area contributed by atoms with Gasteiger partial charge in [-0.1, -0.05) is 78.9 Å². The van der Waals surface area contributed by atoms with E-state index in [0.717, 1.165) is 24.0 Å². The molecule has 6 nitrogen and oxygen atoms in total. The fourth-order valence-electron chi connectivity index (χ4n) is 3.75. The Morgan fingerprint density at radius 3 is 1.82 bits per heavy atom. The maximum Gasteiger partial charge on any atom is 0 e. The number of hydrogen-bond acceptors (Lipinski definition) is 2. The van der Waals surface area contributed by atoms with Gasteiger partial charge in [-0.2, -0.15) is 0 Å². The fraction of sp³-hybridized carbons (Fsp3) is 0.231. The van der Waals surface area contributed by atoms with Gasteiger partial charge in [0.15, 0.2) is 0 Å². The molecular weight excluding hydrogens is 462 g/mol. The van der Waals surface area contributed by atoms with Gasteiger partial charge in [0, 0.05) is 29.7 Å². The van der Waals surface area contributed by atoms with E-state index in [1.807, 2.05) is 79.7 Å². The average Bonchev–Trinajstić information content (AvgIpc) is 3.39. The Labute approximate surface area is 205 Å². The monoisotopic (exact) mass is 487 g/mol. The molecule has 1 amide bonds. The van der Waals surface area contributed by atoms with Crippen LogP contribution >= 0.6 is 0 Å². The number of allylic oxidation sites excluding steroid dienone is 3. The van der Waals surface area contributed by atoms with E-state index in [-0.39, 0.29) is 29.0 Å². The Morgan fingerprint density at radius 1 is 0.939 bits per heavy atom. The van der Waals surface area contributed by atoms with Gasteiger partial charge in [-0.15, -0.1) is 0 Å². The van der Waals surface area contributed by atoms with E-state index in [0.29, 0.717) is 6.54 Å². The topological polar surface area (TPSA) is 100 Å². The molecule has 33 heavy (non-hydrogen) atoms. The number of amides is 1. The van der Waals surface area contributed by atoms with Crippen molar-refractivity contribution in [1.82, 2.24) is 4.90 Å². The van der Waals surface area contributed by atoms with Crippen LogP contribution in [0.15, 0.2) is 85.0 Å². The summed E-state index contributed by atoms with van der Waals surface area (Å²) < 4.78 is 22.5. The summed E-state index contributed by atoms with van der Waals surface area (Å²) in [5.41, 5.74) is 0.394. The first-order chi connectivity index (χ1) is 15.7. The van der Waals surface area contributed by atoms with Crippen LogP contribution in [0.1, 0.15) is 30.9 Å². The summed E-state index contributed by atoms with van der Waals surface area (Å²) in [6.45, 7) is 16.1. The number of nitrogens with zero attached hydrogens (tertiary/aromatic N) is 1. The summed E-state index contributed by atoms with van der Waals surface area (Å²) in [5, 5.41) is 11.9. The zero-order chi connectivity index (χ0) is 24.4. The van der Waals surface area contributed by atoms with Crippen molar-refractivity contribution in [3.8, 4) is 0 Å². The Kier molecular flexibility index (Phi) is 18.2. The first kappa shape index (κ1) is 32.3. The standard InChI is InChI=1S/C23H25NO2.3CO.Fe/c1-2-3-6-17-22(25)24-18-11-16-21(24)23(26,19-12-7-4-8-13-19)20-14-9-5-10-15-20;3*1-2;/h2-10,12-15,17,21,26H,11,16,18H2,1H3;;;;/b3-2+,17-6+;;;;/t21-;;;;/m0..../s1. The van der Waals surface area contributed by atoms with E-state index in [4.69, 9.17) is 14.0 Å². The van der Waals surface area contributed by atoms with Gasteiger partial charge in [0.2, 0.25) is 5.91 Å². The van der Waals surface area contributed by atoms with Crippen LogP contribution in [0.5, 0.6) is 0 Å². The van der Waals surface area contributed by atoms with Crippen molar-refractivity contribution in [3.05, 3.63) is 116 Å². The molecule has 172 valence electrons. The molecule has 1 saturated heterocycles. The van der Waals surface area contributed by atoms with Gasteiger partial charge in [-0.05, 0) is 30.9 Å². The number of likely N-dealkylation sites (tertiary alicyclic amines) is 1. The van der Waals surface area contributed by atoms with Crippen LogP contribution in [0, 0.1) is 20.0 Å². The summed E-state index contributed by atoms with van der Waals surface area (Å²) in [6, 6.07) is 19.0. The molecule has 2 aromatic carbocycles. The molecule has 0 aromatic heterocycles. The molecule has 7 heteroatoms. The number of carbonyl (C=O) groups excluding carboxylic acids is 1. The van der Waals surface area contributed by atoms with Crippen molar-refractivity contribution < 1.29 is 40.9 Å². The van der Waals surface area contributed by atoms with Crippen LogP contribution in [-0.2, 0) is 41.4 Å². The van der Waals surface area contributed by atoms with Gasteiger partial charge < -0.3 is 10.0 Å². The molecule has 0 saturated carbocycles. The van der Waals surface area contributed by atoms with E-state index in [2.05, 4.69) is 20.0 Å². The predicted octanol–water partition coefficient (Wildman–Crippen LogP) is 3.93. The van der Waals surface area contributed by atoms with Gasteiger partial charge in [0.25, 0.3) is 0 Å². The van der Waals surface area contributed by atoms with Gasteiger partial charge in [-0.25, -0.2) is 0 Å². The van der Waals surface area contributed by atoms with Crippen molar-refractivity contribution in [3.63, 3.8) is 0 Å². The van der Waals surface area contributed by atoms with Crippen LogP contribution < -0.4 is 0 Å². The predicted molar refractivity (Wildman–Crippen MR) is 116 cm³/mol. The quantitative estimate of drug-likeness (QED) is 0.227. The zero-order valence-electron chi connectivity index (χ0n) is 18.2. The summed E-state index contributed by atoms with van der Waals surface area (Å²) >= 11 is 0. The minimum Gasteiger partial charge on any atom is 0 e. The minimum absolute atomic E-state index is 0. The minimum atomic E-state index is -1.23. The third kappa shape index (κ3) is 8.51. The SMILES string of the molecule is C/C=C/C=C/C(=O)N1CCC[C@H]1C(O)(c1ccccc1)c1ccccc1.[C-]#[O+].[C-]#[O+].[C-]#[O+].[Fe]. The van der Waals surface area contributed by atoms with E-state index in [9.17, 15) is 9.90 Å². The van der Waals surface area contributed by atoms with Crippen LogP contribution in [0.4, 0.5) is 0 Å². The molecule has 1 fully saturated rings. The molecular formula is C26H25FeNO5. The summed E-state index contributed by atoms with van der Waals surface area (Å²) in [6.07, 6.45) is 8.70. The molecule has 0 bridgehead atoms.